The van der Waals surface area contributed by atoms with Crippen molar-refractivity contribution in [1.29, 1.82) is 0 Å². The van der Waals surface area contributed by atoms with Gasteiger partial charge in [-0.2, -0.15) is 0 Å². The van der Waals surface area contributed by atoms with Gasteiger partial charge in [0, 0.05) is 18.8 Å². The van der Waals surface area contributed by atoms with Crippen molar-refractivity contribution in [3.8, 4) is 0 Å². The summed E-state index contributed by atoms with van der Waals surface area (Å²) in [5, 5.41) is 9.03. The topological polar surface area (TPSA) is 40.5 Å². The van der Waals surface area contributed by atoms with Crippen LogP contribution in [0.1, 0.15) is 28.4 Å². The van der Waals surface area contributed by atoms with E-state index < -0.39 is 5.97 Å². The lowest BCUT2D eigenvalue weighted by Crippen LogP contribution is -2.25. The average Bonchev–Trinajstić information content (AvgIpc) is 2.48. The summed E-state index contributed by atoms with van der Waals surface area (Å²) in [5.74, 6) is -0.872. The van der Waals surface area contributed by atoms with Gasteiger partial charge >= 0.3 is 5.97 Å². The molecule has 0 aliphatic carbocycles. The summed E-state index contributed by atoms with van der Waals surface area (Å²) in [4.78, 5) is 13.3. The molecule has 2 rings (SSSR count). The molecule has 2 aromatic carbocycles. The first kappa shape index (κ1) is 15.1. The summed E-state index contributed by atoms with van der Waals surface area (Å²) in [6.45, 7) is 6.04. The van der Waals surface area contributed by atoms with Crippen molar-refractivity contribution in [1.82, 2.24) is 0 Å². The van der Waals surface area contributed by atoms with Crippen LogP contribution in [0.3, 0.4) is 0 Å². The van der Waals surface area contributed by atoms with Crippen LogP contribution in [0.2, 0.25) is 0 Å². The Kier molecular flexibility index (Phi) is 4.99. The van der Waals surface area contributed by atoms with E-state index in [0.717, 1.165) is 25.1 Å². The second-order valence-corrected chi connectivity index (χ2v) is 5.17. The Balaban J connectivity index is 2.06. The number of benzene rings is 2. The minimum absolute atomic E-state index is 0.353. The zero-order chi connectivity index (χ0) is 15.2. The molecule has 0 amide bonds. The molecular weight excluding hydrogens is 262 g/mol. The number of anilines is 1. The molecule has 0 fully saturated rings. The van der Waals surface area contributed by atoms with Crippen LogP contribution in [0.25, 0.3) is 0 Å². The van der Waals surface area contributed by atoms with Crippen molar-refractivity contribution >= 4 is 11.7 Å². The fourth-order valence-corrected chi connectivity index (χ4v) is 2.42. The fraction of sp³-hybridized carbons (Fsp3) is 0.278. The Morgan fingerprint density at radius 3 is 2.57 bits per heavy atom. The number of likely N-dealkylation sites (N-methyl/N-ethyl adjacent to an activating group) is 1. The van der Waals surface area contributed by atoms with Crippen molar-refractivity contribution < 1.29 is 9.90 Å². The number of aryl methyl sites for hydroxylation is 1. The highest BCUT2D eigenvalue weighted by atomic mass is 16.4. The Bertz CT molecular complexity index is 622. The van der Waals surface area contributed by atoms with E-state index in [2.05, 4.69) is 43.0 Å². The first-order valence-electron chi connectivity index (χ1n) is 7.24. The standard InChI is InChI=1S/C18H21NO2/c1-3-19(17-9-4-6-14(2)12-17)11-10-15-7-5-8-16(13-15)18(20)21/h4-9,12-13H,3,10-11H2,1-2H3,(H,20,21). The van der Waals surface area contributed by atoms with E-state index in [1.165, 1.54) is 11.3 Å². The van der Waals surface area contributed by atoms with E-state index in [1.807, 2.05) is 12.1 Å². The number of carbonyl (C=O) groups is 1. The van der Waals surface area contributed by atoms with E-state index in [9.17, 15) is 4.79 Å². The summed E-state index contributed by atoms with van der Waals surface area (Å²) in [7, 11) is 0. The van der Waals surface area contributed by atoms with Crippen LogP contribution in [0.15, 0.2) is 48.5 Å². The highest BCUT2D eigenvalue weighted by Gasteiger charge is 2.07. The van der Waals surface area contributed by atoms with Crippen LogP contribution >= 0.6 is 0 Å². The van der Waals surface area contributed by atoms with E-state index >= 15 is 0 Å². The number of carboxylic acids is 1. The lowest BCUT2D eigenvalue weighted by Gasteiger charge is -2.23. The molecule has 0 spiro atoms. The minimum atomic E-state index is -0.872. The molecule has 0 unspecified atom stereocenters. The first-order chi connectivity index (χ1) is 10.1. The lowest BCUT2D eigenvalue weighted by atomic mass is 10.1. The third kappa shape index (κ3) is 4.09. The molecule has 0 radical (unpaired) electrons. The van der Waals surface area contributed by atoms with Gasteiger partial charge in [0.1, 0.15) is 0 Å². The van der Waals surface area contributed by atoms with Gasteiger partial charge in [0.2, 0.25) is 0 Å². The molecule has 110 valence electrons. The summed E-state index contributed by atoms with van der Waals surface area (Å²) in [5.41, 5.74) is 3.87. The Morgan fingerprint density at radius 2 is 1.90 bits per heavy atom. The largest absolute Gasteiger partial charge is 0.478 e. The zero-order valence-corrected chi connectivity index (χ0v) is 12.5. The molecule has 2 aromatic rings. The van der Waals surface area contributed by atoms with E-state index in [1.54, 1.807) is 12.1 Å². The van der Waals surface area contributed by atoms with Crippen LogP contribution in [0.4, 0.5) is 5.69 Å². The van der Waals surface area contributed by atoms with Gasteiger partial charge in [-0.1, -0.05) is 24.3 Å². The minimum Gasteiger partial charge on any atom is -0.478 e. The molecule has 21 heavy (non-hydrogen) atoms. The highest BCUT2D eigenvalue weighted by molar-refractivity contribution is 5.87. The van der Waals surface area contributed by atoms with Gasteiger partial charge in [-0.05, 0) is 55.7 Å². The van der Waals surface area contributed by atoms with Gasteiger partial charge < -0.3 is 10.0 Å². The zero-order valence-electron chi connectivity index (χ0n) is 12.5. The Hall–Kier alpha value is -2.29. The van der Waals surface area contributed by atoms with Gasteiger partial charge in [-0.25, -0.2) is 4.79 Å². The van der Waals surface area contributed by atoms with Gasteiger partial charge in [-0.15, -0.1) is 0 Å². The van der Waals surface area contributed by atoms with Crippen LogP contribution in [-0.2, 0) is 6.42 Å². The third-order valence-electron chi connectivity index (χ3n) is 3.59. The monoisotopic (exact) mass is 283 g/mol. The summed E-state index contributed by atoms with van der Waals surface area (Å²) in [6, 6.07) is 15.6. The number of carboxylic acid groups (broad SMARTS) is 1. The van der Waals surface area contributed by atoms with Crippen LogP contribution in [0, 0.1) is 6.92 Å². The Morgan fingerprint density at radius 1 is 1.14 bits per heavy atom. The van der Waals surface area contributed by atoms with Gasteiger partial charge in [0.25, 0.3) is 0 Å². The predicted octanol–water partition coefficient (Wildman–Crippen LogP) is 3.76. The molecule has 0 heterocycles. The molecule has 1 N–H and O–H groups in total. The number of rotatable bonds is 6. The normalized spacial score (nSPS) is 10.4. The molecule has 0 aromatic heterocycles. The van der Waals surface area contributed by atoms with Gasteiger partial charge in [0.15, 0.2) is 0 Å². The van der Waals surface area contributed by atoms with Crippen molar-refractivity contribution in [2.45, 2.75) is 20.3 Å². The molecule has 3 heteroatoms. The summed E-state index contributed by atoms with van der Waals surface area (Å²) in [6.07, 6.45) is 0.836. The van der Waals surface area contributed by atoms with E-state index in [0.29, 0.717) is 5.56 Å². The van der Waals surface area contributed by atoms with Crippen LogP contribution in [0.5, 0.6) is 0 Å². The molecule has 0 saturated carbocycles. The third-order valence-corrected chi connectivity index (χ3v) is 3.59. The number of nitrogens with zero attached hydrogens (tertiary/aromatic N) is 1. The molecule has 0 aliphatic heterocycles. The van der Waals surface area contributed by atoms with Crippen molar-refractivity contribution in [2.75, 3.05) is 18.0 Å². The summed E-state index contributed by atoms with van der Waals surface area (Å²) < 4.78 is 0. The second kappa shape index (κ2) is 6.93. The maximum absolute atomic E-state index is 11.0. The van der Waals surface area contributed by atoms with Crippen molar-refractivity contribution in [3.05, 3.63) is 65.2 Å². The maximum atomic E-state index is 11.0. The lowest BCUT2D eigenvalue weighted by molar-refractivity contribution is 0.0697. The van der Waals surface area contributed by atoms with Crippen molar-refractivity contribution in [2.24, 2.45) is 0 Å². The SMILES string of the molecule is CCN(CCc1cccc(C(=O)O)c1)c1cccc(C)c1. The predicted molar refractivity (Wildman–Crippen MR) is 86.2 cm³/mol. The molecule has 0 atom stereocenters. The number of hydrogen-bond acceptors (Lipinski definition) is 2. The quantitative estimate of drug-likeness (QED) is 0.877. The molecule has 0 bridgehead atoms. The first-order valence-corrected chi connectivity index (χ1v) is 7.24. The molecule has 0 aliphatic rings. The van der Waals surface area contributed by atoms with Gasteiger partial charge in [0.05, 0.1) is 5.56 Å². The van der Waals surface area contributed by atoms with E-state index in [-0.39, 0.29) is 0 Å². The molecular formula is C18H21NO2. The highest BCUT2D eigenvalue weighted by Crippen LogP contribution is 2.16. The van der Waals surface area contributed by atoms with Crippen LogP contribution < -0.4 is 4.90 Å². The van der Waals surface area contributed by atoms with Crippen LogP contribution in [-0.4, -0.2) is 24.2 Å². The number of aromatic carboxylic acids is 1. The average molecular weight is 283 g/mol. The second-order valence-electron chi connectivity index (χ2n) is 5.17. The molecule has 3 nitrogen and oxygen atoms in total. The summed E-state index contributed by atoms with van der Waals surface area (Å²) >= 11 is 0. The van der Waals surface area contributed by atoms with Gasteiger partial charge in [-0.3, -0.25) is 0 Å². The Labute approximate surface area is 125 Å². The number of hydrogen-bond donors (Lipinski definition) is 1. The smallest absolute Gasteiger partial charge is 0.335 e. The van der Waals surface area contributed by atoms with E-state index in [4.69, 9.17) is 5.11 Å². The maximum Gasteiger partial charge on any atom is 0.335 e. The van der Waals surface area contributed by atoms with Crippen molar-refractivity contribution in [3.63, 3.8) is 0 Å². The fourth-order valence-electron chi connectivity index (χ4n) is 2.42. The molecule has 0 saturated heterocycles.